The molecule has 0 aliphatic rings. The Bertz CT molecular complexity index is 4620. The van der Waals surface area contributed by atoms with Gasteiger partial charge in [-0.25, -0.2) is 9.97 Å². The number of hydrogen-bond donors (Lipinski definition) is 0. The first-order valence-electron chi connectivity index (χ1n) is 27.0. The molecule has 0 fully saturated rings. The first kappa shape index (κ1) is 49.5. The Balaban J connectivity index is 1.07. The van der Waals surface area contributed by atoms with E-state index in [2.05, 4.69) is 98.6 Å². The molecule has 5 nitrogen and oxygen atoms in total. The molecule has 83 heavy (non-hydrogen) atoms. The van der Waals surface area contributed by atoms with Crippen LogP contribution in [0.5, 0.6) is 0 Å². The number of nitrogens with zero attached hydrogens (tertiary/aromatic N) is 5. The third-order valence-corrected chi connectivity index (χ3v) is 15.9. The van der Waals surface area contributed by atoms with Crippen LogP contribution in [-0.4, -0.2) is 23.7 Å². The Morgan fingerprint density at radius 3 is 1.01 bits per heavy atom. The molecule has 11 aromatic carbocycles. The third kappa shape index (κ3) is 8.33. The van der Waals surface area contributed by atoms with E-state index in [1.807, 2.05) is 127 Å². The fraction of sp³-hybridized carbons (Fsp3) is 0.0278. The molecule has 0 bridgehead atoms. The smallest absolute Gasteiger partial charge is 0.309 e. The molecular weight excluding hydrogens is 1050 g/mol. The van der Waals surface area contributed by atoms with Crippen LogP contribution >= 0.6 is 0 Å². The molecule has 0 saturated carbocycles. The molecule has 0 aliphatic carbocycles. The first-order chi connectivity index (χ1) is 40.4. The zero-order valence-electron chi connectivity index (χ0n) is 43.8. The summed E-state index contributed by atoms with van der Waals surface area (Å²) in [6.07, 6.45) is -9.27. The number of aromatic nitrogens is 5. The third-order valence-electron chi connectivity index (χ3n) is 15.9. The van der Waals surface area contributed by atoms with Crippen molar-refractivity contribution in [2.24, 2.45) is 0 Å². The molecule has 0 spiro atoms. The molecular formula is C72H43F6N5. The molecule has 0 saturated heterocycles. The molecule has 0 amide bonds. The van der Waals surface area contributed by atoms with Gasteiger partial charge < -0.3 is 13.7 Å². The molecule has 4 heterocycles. The Hall–Kier alpha value is -10.5. The molecule has 0 radical (unpaired) electrons. The van der Waals surface area contributed by atoms with E-state index in [0.29, 0.717) is 50.7 Å². The van der Waals surface area contributed by atoms with Gasteiger partial charge in [-0.05, 0) is 114 Å². The lowest BCUT2D eigenvalue weighted by Crippen LogP contribution is -2.06. The Morgan fingerprint density at radius 1 is 0.265 bits per heavy atom. The predicted molar refractivity (Wildman–Crippen MR) is 322 cm³/mol. The highest BCUT2D eigenvalue weighted by Crippen LogP contribution is 2.47. The Morgan fingerprint density at radius 2 is 0.614 bits per heavy atom. The largest absolute Gasteiger partial charge is 0.416 e. The molecule has 0 atom stereocenters. The van der Waals surface area contributed by atoms with Crippen molar-refractivity contribution >= 4 is 65.4 Å². The minimum Gasteiger partial charge on any atom is -0.309 e. The zero-order chi connectivity index (χ0) is 56.1. The first-order valence-corrected chi connectivity index (χ1v) is 27.0. The lowest BCUT2D eigenvalue weighted by atomic mass is 9.90. The van der Waals surface area contributed by atoms with Gasteiger partial charge in [-0.1, -0.05) is 158 Å². The van der Waals surface area contributed by atoms with Crippen molar-refractivity contribution in [3.05, 3.63) is 272 Å². The number of alkyl halides is 6. The maximum absolute atomic E-state index is 14.5. The number of benzene rings is 11. The highest BCUT2D eigenvalue weighted by atomic mass is 19.4. The summed E-state index contributed by atoms with van der Waals surface area (Å²) in [5, 5.41) is 6.10. The van der Waals surface area contributed by atoms with Gasteiger partial charge in [0.1, 0.15) is 0 Å². The van der Waals surface area contributed by atoms with E-state index in [9.17, 15) is 26.3 Å². The lowest BCUT2D eigenvalue weighted by Gasteiger charge is -2.22. The van der Waals surface area contributed by atoms with Crippen LogP contribution in [0.2, 0.25) is 0 Å². The number of halogens is 6. The van der Waals surface area contributed by atoms with Crippen LogP contribution in [0.1, 0.15) is 11.1 Å². The van der Waals surface area contributed by atoms with Gasteiger partial charge in [0.05, 0.1) is 61.3 Å². The highest BCUT2D eigenvalue weighted by Gasteiger charge is 2.32. The van der Waals surface area contributed by atoms with Crippen LogP contribution in [-0.2, 0) is 12.4 Å². The van der Waals surface area contributed by atoms with Crippen molar-refractivity contribution in [1.82, 2.24) is 23.7 Å². The van der Waals surface area contributed by atoms with E-state index in [1.54, 1.807) is 0 Å². The summed E-state index contributed by atoms with van der Waals surface area (Å²) < 4.78 is 93.8. The SMILES string of the molecule is FC(F)(F)c1ccc(-c2cc(-c3cc(-c4ccccc4)nc(-c4ccccc4)n3)cc(-c3ccc(C(F)(F)F)cc3)c2-n2c3ccc(-n4c5ccccc5c5ccccc54)cc3c3cc(-n4c5ccccc5c5ccccc54)ccc32)cc1. The van der Waals surface area contributed by atoms with Crippen LogP contribution in [0, 0.1) is 0 Å². The van der Waals surface area contributed by atoms with Crippen molar-refractivity contribution < 1.29 is 26.3 Å². The zero-order valence-corrected chi connectivity index (χ0v) is 43.8. The van der Waals surface area contributed by atoms with E-state index < -0.39 is 23.5 Å². The second-order valence-electron chi connectivity index (χ2n) is 20.7. The topological polar surface area (TPSA) is 40.6 Å². The minimum atomic E-state index is -4.63. The molecule has 4 aromatic heterocycles. The molecule has 398 valence electrons. The van der Waals surface area contributed by atoms with Crippen molar-refractivity contribution in [2.45, 2.75) is 12.4 Å². The molecule has 11 heteroatoms. The average molecular weight is 1090 g/mol. The van der Waals surface area contributed by atoms with Gasteiger partial charge in [0.2, 0.25) is 0 Å². The van der Waals surface area contributed by atoms with Crippen LogP contribution in [0.4, 0.5) is 26.3 Å². The van der Waals surface area contributed by atoms with Gasteiger partial charge in [0.25, 0.3) is 0 Å². The van der Waals surface area contributed by atoms with Crippen molar-refractivity contribution in [2.75, 3.05) is 0 Å². The Labute approximate surface area is 470 Å². The standard InChI is InChI=1S/C72H43F6N5/c73-71(74,75)49-31-27-44(28-32-49)57-39-48(62-43-61(46-15-3-1-4-16-46)79-70(80-62)47-17-5-2-6-18-47)40-58(45-29-33-50(34-30-45)72(76,77)78)69(57)83-67-37-35-51(81-63-23-11-7-19-53(63)54-20-8-12-24-64(54)81)41-59(67)60-42-52(36-38-68(60)83)82-65-25-13-9-21-55(65)56-22-10-14-26-66(56)82/h1-43H. The number of para-hydroxylation sites is 4. The van der Waals surface area contributed by atoms with E-state index in [4.69, 9.17) is 9.97 Å². The van der Waals surface area contributed by atoms with Gasteiger partial charge >= 0.3 is 12.4 Å². The van der Waals surface area contributed by atoms with Gasteiger partial charge in [-0.3, -0.25) is 0 Å². The number of hydrogen-bond acceptors (Lipinski definition) is 2. The van der Waals surface area contributed by atoms with Gasteiger partial charge in [-0.15, -0.1) is 0 Å². The summed E-state index contributed by atoms with van der Waals surface area (Å²) in [7, 11) is 0. The predicted octanol–water partition coefficient (Wildman–Crippen LogP) is 20.1. The highest BCUT2D eigenvalue weighted by molar-refractivity contribution is 6.15. The number of rotatable bonds is 8. The van der Waals surface area contributed by atoms with Crippen LogP contribution in [0.15, 0.2) is 261 Å². The molecule has 0 aliphatic heterocycles. The molecule has 0 unspecified atom stereocenters. The van der Waals surface area contributed by atoms with E-state index in [0.717, 1.165) is 112 Å². The van der Waals surface area contributed by atoms with Gasteiger partial charge in [0, 0.05) is 71.5 Å². The maximum Gasteiger partial charge on any atom is 0.416 e. The van der Waals surface area contributed by atoms with Gasteiger partial charge in [-0.2, -0.15) is 26.3 Å². The quantitative estimate of drug-likeness (QED) is 0.142. The van der Waals surface area contributed by atoms with E-state index in [1.165, 1.54) is 24.3 Å². The number of fused-ring (bicyclic) bond motifs is 9. The molecule has 15 aromatic rings. The fourth-order valence-electron chi connectivity index (χ4n) is 12.1. The fourth-order valence-corrected chi connectivity index (χ4v) is 12.1. The van der Waals surface area contributed by atoms with E-state index >= 15 is 0 Å². The Kier molecular flexibility index (Phi) is 11.4. The average Bonchev–Trinajstić information content (AvgIpc) is 3.20. The summed E-state index contributed by atoms with van der Waals surface area (Å²) in [4.78, 5) is 10.2. The van der Waals surface area contributed by atoms with Crippen molar-refractivity contribution in [1.29, 1.82) is 0 Å². The minimum absolute atomic E-state index is 0.429. The molecule has 15 rings (SSSR count). The van der Waals surface area contributed by atoms with Gasteiger partial charge in [0.15, 0.2) is 5.82 Å². The summed E-state index contributed by atoms with van der Waals surface area (Å²) in [5.41, 5.74) is 11.3. The summed E-state index contributed by atoms with van der Waals surface area (Å²) in [6, 6.07) is 80.9. The lowest BCUT2D eigenvalue weighted by molar-refractivity contribution is -0.138. The van der Waals surface area contributed by atoms with Crippen LogP contribution < -0.4 is 0 Å². The molecule has 0 N–H and O–H groups in total. The van der Waals surface area contributed by atoms with Crippen molar-refractivity contribution in [3.8, 4) is 73.2 Å². The van der Waals surface area contributed by atoms with Crippen LogP contribution in [0.25, 0.3) is 139 Å². The summed E-state index contributed by atoms with van der Waals surface area (Å²) in [5.74, 6) is 0.429. The second-order valence-corrected chi connectivity index (χ2v) is 20.7. The van der Waals surface area contributed by atoms with E-state index in [-0.39, 0.29) is 0 Å². The van der Waals surface area contributed by atoms with Crippen molar-refractivity contribution in [3.63, 3.8) is 0 Å². The maximum atomic E-state index is 14.5. The normalized spacial score (nSPS) is 12.2. The summed E-state index contributed by atoms with van der Waals surface area (Å²) >= 11 is 0. The second kappa shape index (κ2) is 19.1. The summed E-state index contributed by atoms with van der Waals surface area (Å²) in [6.45, 7) is 0. The monoisotopic (exact) mass is 1090 g/mol. The van der Waals surface area contributed by atoms with Crippen LogP contribution in [0.3, 0.4) is 0 Å².